The second-order valence-electron chi connectivity index (χ2n) is 4.54. The van der Waals surface area contributed by atoms with Gasteiger partial charge in [-0.1, -0.05) is 6.07 Å². The Morgan fingerprint density at radius 3 is 3.18 bits per heavy atom. The molecular formula is C13H19N3O. The molecule has 92 valence electrons. The Balaban J connectivity index is 1.93. The topological polar surface area (TPSA) is 54.0 Å². The van der Waals surface area contributed by atoms with Gasteiger partial charge in [-0.05, 0) is 31.9 Å². The fraction of sp³-hybridized carbons (Fsp3) is 0.538. The van der Waals surface area contributed by atoms with E-state index in [0.29, 0.717) is 6.42 Å². The van der Waals surface area contributed by atoms with Crippen molar-refractivity contribution in [3.8, 4) is 0 Å². The van der Waals surface area contributed by atoms with Gasteiger partial charge in [-0.2, -0.15) is 0 Å². The van der Waals surface area contributed by atoms with Crippen LogP contribution in [0.3, 0.4) is 0 Å². The minimum Gasteiger partial charge on any atom is -0.356 e. The van der Waals surface area contributed by atoms with Gasteiger partial charge in [-0.15, -0.1) is 0 Å². The molecule has 2 N–H and O–H groups in total. The van der Waals surface area contributed by atoms with E-state index in [1.165, 1.54) is 0 Å². The lowest BCUT2D eigenvalue weighted by Gasteiger charge is -2.20. The molecule has 1 fully saturated rings. The Morgan fingerprint density at radius 2 is 2.41 bits per heavy atom. The maximum absolute atomic E-state index is 11.4. The summed E-state index contributed by atoms with van der Waals surface area (Å²) in [4.78, 5) is 15.8. The zero-order valence-corrected chi connectivity index (χ0v) is 10.1. The van der Waals surface area contributed by atoms with Crippen molar-refractivity contribution in [2.24, 2.45) is 0 Å². The quantitative estimate of drug-likeness (QED) is 0.829. The summed E-state index contributed by atoms with van der Waals surface area (Å²) in [5, 5.41) is 6.38. The summed E-state index contributed by atoms with van der Waals surface area (Å²) in [6.07, 6.45) is 4.44. The van der Waals surface area contributed by atoms with Gasteiger partial charge in [0.25, 0.3) is 0 Å². The summed E-state index contributed by atoms with van der Waals surface area (Å²) >= 11 is 0. The molecule has 1 aromatic rings. The number of amides is 1. The van der Waals surface area contributed by atoms with Crippen molar-refractivity contribution >= 4 is 5.91 Å². The standard InChI is InChI=1S/C13H19N3O/c1-10(12-6-2-3-7-14-12)16-11-5-4-8-15-13(17)9-11/h2-3,6-7,10-11,16H,4-5,8-9H2,1H3,(H,15,17)/t10-,11?/m0/s1. The zero-order valence-electron chi connectivity index (χ0n) is 10.1. The molecule has 2 rings (SSSR count). The Labute approximate surface area is 102 Å². The first-order valence-electron chi connectivity index (χ1n) is 6.19. The lowest BCUT2D eigenvalue weighted by molar-refractivity contribution is -0.121. The molecule has 4 heteroatoms. The number of carbonyl (C=O) groups excluding carboxylic acids is 1. The molecule has 0 spiro atoms. The van der Waals surface area contributed by atoms with Crippen LogP contribution in [0.5, 0.6) is 0 Å². The average molecular weight is 233 g/mol. The maximum Gasteiger partial charge on any atom is 0.221 e. The number of hydrogen-bond donors (Lipinski definition) is 2. The van der Waals surface area contributed by atoms with E-state index < -0.39 is 0 Å². The molecule has 0 aromatic carbocycles. The zero-order chi connectivity index (χ0) is 12.1. The van der Waals surface area contributed by atoms with E-state index in [-0.39, 0.29) is 18.0 Å². The molecule has 1 aromatic heterocycles. The maximum atomic E-state index is 11.4. The van der Waals surface area contributed by atoms with Gasteiger partial charge >= 0.3 is 0 Å². The number of aromatic nitrogens is 1. The van der Waals surface area contributed by atoms with E-state index in [4.69, 9.17) is 0 Å². The smallest absolute Gasteiger partial charge is 0.221 e. The third-order valence-corrected chi connectivity index (χ3v) is 3.10. The second kappa shape index (κ2) is 5.77. The molecule has 1 aliphatic rings. The highest BCUT2D eigenvalue weighted by molar-refractivity contribution is 5.76. The first-order chi connectivity index (χ1) is 8.25. The van der Waals surface area contributed by atoms with E-state index in [9.17, 15) is 4.79 Å². The molecule has 17 heavy (non-hydrogen) atoms. The van der Waals surface area contributed by atoms with Gasteiger partial charge in [-0.3, -0.25) is 9.78 Å². The van der Waals surface area contributed by atoms with Crippen molar-refractivity contribution in [2.75, 3.05) is 6.54 Å². The minimum atomic E-state index is 0.147. The third-order valence-electron chi connectivity index (χ3n) is 3.10. The molecule has 0 saturated carbocycles. The van der Waals surface area contributed by atoms with Gasteiger partial charge in [-0.25, -0.2) is 0 Å². The first-order valence-corrected chi connectivity index (χ1v) is 6.19. The summed E-state index contributed by atoms with van der Waals surface area (Å²) in [5.74, 6) is 0.147. The molecule has 1 saturated heterocycles. The predicted molar refractivity (Wildman–Crippen MR) is 66.4 cm³/mol. The van der Waals surface area contributed by atoms with Crippen LogP contribution in [0.15, 0.2) is 24.4 Å². The van der Waals surface area contributed by atoms with Crippen LogP contribution in [0.4, 0.5) is 0 Å². The molecule has 2 heterocycles. The van der Waals surface area contributed by atoms with Crippen molar-refractivity contribution < 1.29 is 4.79 Å². The highest BCUT2D eigenvalue weighted by Crippen LogP contribution is 2.13. The van der Waals surface area contributed by atoms with Crippen LogP contribution in [0, 0.1) is 0 Å². The molecule has 0 aliphatic carbocycles. The van der Waals surface area contributed by atoms with Crippen LogP contribution < -0.4 is 10.6 Å². The van der Waals surface area contributed by atoms with E-state index in [2.05, 4.69) is 22.5 Å². The number of pyridine rings is 1. The summed E-state index contributed by atoms with van der Waals surface area (Å²) in [6.45, 7) is 2.89. The van der Waals surface area contributed by atoms with Crippen molar-refractivity contribution in [1.82, 2.24) is 15.6 Å². The van der Waals surface area contributed by atoms with Crippen LogP contribution in [-0.2, 0) is 4.79 Å². The van der Waals surface area contributed by atoms with Crippen LogP contribution in [0.2, 0.25) is 0 Å². The Kier molecular flexibility index (Phi) is 4.09. The number of carbonyl (C=O) groups is 1. The molecule has 1 amide bonds. The number of nitrogens with one attached hydrogen (secondary N) is 2. The Morgan fingerprint density at radius 1 is 1.53 bits per heavy atom. The molecular weight excluding hydrogens is 214 g/mol. The summed E-state index contributed by atoms with van der Waals surface area (Å²) in [6, 6.07) is 6.35. The van der Waals surface area contributed by atoms with Gasteiger partial charge in [0.15, 0.2) is 0 Å². The summed E-state index contributed by atoms with van der Waals surface area (Å²) in [5.41, 5.74) is 1.03. The summed E-state index contributed by atoms with van der Waals surface area (Å²) in [7, 11) is 0. The van der Waals surface area contributed by atoms with Gasteiger partial charge in [0.1, 0.15) is 0 Å². The van der Waals surface area contributed by atoms with Crippen LogP contribution >= 0.6 is 0 Å². The molecule has 4 nitrogen and oxygen atoms in total. The highest BCUT2D eigenvalue weighted by atomic mass is 16.1. The molecule has 1 unspecified atom stereocenters. The largest absolute Gasteiger partial charge is 0.356 e. The molecule has 2 atom stereocenters. The number of hydrogen-bond acceptors (Lipinski definition) is 3. The fourth-order valence-corrected chi connectivity index (χ4v) is 2.19. The van der Waals surface area contributed by atoms with Gasteiger partial charge in [0.2, 0.25) is 5.91 Å². The first kappa shape index (κ1) is 12.0. The highest BCUT2D eigenvalue weighted by Gasteiger charge is 2.19. The number of nitrogens with zero attached hydrogens (tertiary/aromatic N) is 1. The normalized spacial score (nSPS) is 22.6. The van der Waals surface area contributed by atoms with Crippen LogP contribution in [-0.4, -0.2) is 23.5 Å². The van der Waals surface area contributed by atoms with Crippen LogP contribution in [0.1, 0.15) is 37.9 Å². The predicted octanol–water partition coefficient (Wildman–Crippen LogP) is 1.40. The molecule has 0 radical (unpaired) electrons. The van der Waals surface area contributed by atoms with Crippen molar-refractivity contribution in [3.63, 3.8) is 0 Å². The summed E-state index contributed by atoms with van der Waals surface area (Å²) < 4.78 is 0. The Hall–Kier alpha value is -1.42. The van der Waals surface area contributed by atoms with Gasteiger partial charge in [0, 0.05) is 31.2 Å². The van der Waals surface area contributed by atoms with Gasteiger partial charge < -0.3 is 10.6 Å². The lowest BCUT2D eigenvalue weighted by atomic mass is 10.1. The van der Waals surface area contributed by atoms with Crippen LogP contribution in [0.25, 0.3) is 0 Å². The second-order valence-corrected chi connectivity index (χ2v) is 4.54. The van der Waals surface area contributed by atoms with Gasteiger partial charge in [0.05, 0.1) is 5.69 Å². The molecule has 0 bridgehead atoms. The van der Waals surface area contributed by atoms with Crippen molar-refractivity contribution in [2.45, 2.75) is 38.3 Å². The third kappa shape index (κ3) is 3.53. The van der Waals surface area contributed by atoms with E-state index in [0.717, 1.165) is 25.1 Å². The van der Waals surface area contributed by atoms with E-state index >= 15 is 0 Å². The minimum absolute atomic E-state index is 0.147. The fourth-order valence-electron chi connectivity index (χ4n) is 2.19. The van der Waals surface area contributed by atoms with E-state index in [1.807, 2.05) is 18.2 Å². The Bertz CT molecular complexity index is 366. The van der Waals surface area contributed by atoms with Crippen molar-refractivity contribution in [1.29, 1.82) is 0 Å². The number of rotatable bonds is 3. The SMILES string of the molecule is C[C@H](NC1CCCNC(=O)C1)c1ccccn1. The van der Waals surface area contributed by atoms with Crippen molar-refractivity contribution in [3.05, 3.63) is 30.1 Å². The van der Waals surface area contributed by atoms with E-state index in [1.54, 1.807) is 6.20 Å². The molecule has 1 aliphatic heterocycles. The average Bonchev–Trinajstić information content (AvgIpc) is 2.55. The lowest BCUT2D eigenvalue weighted by Crippen LogP contribution is -2.34. The monoisotopic (exact) mass is 233 g/mol.